The van der Waals surface area contributed by atoms with Gasteiger partial charge in [0.2, 0.25) is 0 Å². The maximum atomic E-state index is 6.49. The molecule has 1 nitrogen and oxygen atoms in total. The molecular formula is C20H16Cl2O. The summed E-state index contributed by atoms with van der Waals surface area (Å²) in [5.74, 6) is 0.858. The highest BCUT2D eigenvalue weighted by molar-refractivity contribution is 6.34. The fourth-order valence-corrected chi connectivity index (χ4v) is 2.98. The van der Waals surface area contributed by atoms with E-state index in [-0.39, 0.29) is 0 Å². The summed E-state index contributed by atoms with van der Waals surface area (Å²) < 4.78 is 5.51. The lowest BCUT2D eigenvalue weighted by atomic mass is 9.94. The van der Waals surface area contributed by atoms with Crippen LogP contribution in [-0.4, -0.2) is 6.61 Å². The molecule has 0 aliphatic carbocycles. The van der Waals surface area contributed by atoms with Gasteiger partial charge >= 0.3 is 0 Å². The van der Waals surface area contributed by atoms with Gasteiger partial charge in [-0.05, 0) is 53.9 Å². The Morgan fingerprint density at radius 2 is 1.43 bits per heavy atom. The molecule has 3 heteroatoms. The molecule has 23 heavy (non-hydrogen) atoms. The minimum Gasteiger partial charge on any atom is -0.494 e. The van der Waals surface area contributed by atoms with Crippen molar-refractivity contribution < 1.29 is 4.74 Å². The van der Waals surface area contributed by atoms with Crippen molar-refractivity contribution in [2.24, 2.45) is 0 Å². The van der Waals surface area contributed by atoms with Gasteiger partial charge in [-0.2, -0.15) is 0 Å². The lowest BCUT2D eigenvalue weighted by Gasteiger charge is -2.13. The number of ether oxygens (including phenoxy) is 1. The van der Waals surface area contributed by atoms with E-state index in [0.29, 0.717) is 6.61 Å². The van der Waals surface area contributed by atoms with E-state index in [2.05, 4.69) is 6.07 Å². The van der Waals surface area contributed by atoms with Crippen LogP contribution in [0.4, 0.5) is 0 Å². The van der Waals surface area contributed by atoms with Crippen LogP contribution in [0.1, 0.15) is 6.92 Å². The highest BCUT2D eigenvalue weighted by atomic mass is 35.5. The molecule has 3 rings (SSSR count). The highest BCUT2D eigenvalue weighted by Gasteiger charge is 2.11. The molecule has 0 unspecified atom stereocenters. The van der Waals surface area contributed by atoms with Gasteiger partial charge in [0.05, 0.1) is 6.61 Å². The molecule has 0 N–H and O–H groups in total. The quantitative estimate of drug-likeness (QED) is 0.510. The summed E-state index contributed by atoms with van der Waals surface area (Å²) in [5, 5.41) is 1.44. The van der Waals surface area contributed by atoms with E-state index in [1.807, 2.05) is 67.6 Å². The van der Waals surface area contributed by atoms with Gasteiger partial charge in [0.25, 0.3) is 0 Å². The van der Waals surface area contributed by atoms with Crippen molar-refractivity contribution in [3.05, 3.63) is 76.8 Å². The van der Waals surface area contributed by atoms with Crippen LogP contribution in [0.25, 0.3) is 22.3 Å². The topological polar surface area (TPSA) is 9.23 Å². The molecular weight excluding hydrogens is 327 g/mol. The number of benzene rings is 3. The van der Waals surface area contributed by atoms with Crippen LogP contribution in [0, 0.1) is 0 Å². The Morgan fingerprint density at radius 1 is 0.783 bits per heavy atom. The van der Waals surface area contributed by atoms with Crippen LogP contribution in [0.15, 0.2) is 66.7 Å². The average Bonchev–Trinajstić information content (AvgIpc) is 2.57. The van der Waals surface area contributed by atoms with Crippen LogP contribution in [0.3, 0.4) is 0 Å². The first-order valence-electron chi connectivity index (χ1n) is 7.46. The van der Waals surface area contributed by atoms with Crippen LogP contribution in [-0.2, 0) is 0 Å². The zero-order chi connectivity index (χ0) is 16.2. The second-order valence-corrected chi connectivity index (χ2v) is 5.97. The Balaban J connectivity index is 2.09. The lowest BCUT2D eigenvalue weighted by molar-refractivity contribution is 0.340. The van der Waals surface area contributed by atoms with E-state index in [0.717, 1.165) is 38.0 Å². The minimum atomic E-state index is 0.654. The van der Waals surface area contributed by atoms with Gasteiger partial charge < -0.3 is 4.74 Å². The second-order valence-electron chi connectivity index (χ2n) is 5.13. The van der Waals surface area contributed by atoms with Gasteiger partial charge in [-0.1, -0.05) is 59.6 Å². The van der Waals surface area contributed by atoms with E-state index in [1.165, 1.54) is 0 Å². The van der Waals surface area contributed by atoms with Crippen molar-refractivity contribution in [3.8, 4) is 28.0 Å². The van der Waals surface area contributed by atoms with E-state index < -0.39 is 0 Å². The standard InChI is InChI=1S/C20H16Cl2O/c1-2-23-17-12-8-15(9-13-17)20-18(4-3-5-19(20)22)14-6-10-16(21)11-7-14/h3-13H,2H2,1H3. The van der Waals surface area contributed by atoms with Crippen molar-refractivity contribution in [2.75, 3.05) is 6.61 Å². The predicted octanol–water partition coefficient (Wildman–Crippen LogP) is 6.73. The van der Waals surface area contributed by atoms with Crippen molar-refractivity contribution >= 4 is 23.2 Å². The maximum absolute atomic E-state index is 6.49. The number of hydrogen-bond acceptors (Lipinski definition) is 1. The zero-order valence-electron chi connectivity index (χ0n) is 12.7. The molecule has 0 atom stereocenters. The first-order chi connectivity index (χ1) is 11.2. The Kier molecular flexibility index (Phi) is 4.90. The molecule has 0 aliphatic rings. The molecule has 0 saturated carbocycles. The predicted molar refractivity (Wildman–Crippen MR) is 98.5 cm³/mol. The Bertz CT molecular complexity index is 793. The van der Waals surface area contributed by atoms with Crippen molar-refractivity contribution in [1.82, 2.24) is 0 Å². The molecule has 3 aromatic rings. The summed E-state index contributed by atoms with van der Waals surface area (Å²) in [6.45, 7) is 2.63. The molecule has 0 aliphatic heterocycles. The highest BCUT2D eigenvalue weighted by Crippen LogP contribution is 2.38. The van der Waals surface area contributed by atoms with E-state index >= 15 is 0 Å². The fraction of sp³-hybridized carbons (Fsp3) is 0.100. The van der Waals surface area contributed by atoms with Gasteiger partial charge in [-0.15, -0.1) is 0 Å². The molecule has 0 amide bonds. The normalized spacial score (nSPS) is 10.6. The molecule has 3 aromatic carbocycles. The molecule has 0 radical (unpaired) electrons. The Morgan fingerprint density at radius 3 is 2.09 bits per heavy atom. The van der Waals surface area contributed by atoms with Crippen LogP contribution in [0.2, 0.25) is 10.0 Å². The first-order valence-corrected chi connectivity index (χ1v) is 8.22. The summed E-state index contributed by atoms with van der Waals surface area (Å²) >= 11 is 12.5. The number of halogens is 2. The molecule has 0 fully saturated rings. The number of hydrogen-bond donors (Lipinski definition) is 0. The van der Waals surface area contributed by atoms with E-state index in [9.17, 15) is 0 Å². The van der Waals surface area contributed by atoms with E-state index in [4.69, 9.17) is 27.9 Å². The molecule has 0 heterocycles. The molecule has 0 saturated heterocycles. The summed E-state index contributed by atoms with van der Waals surface area (Å²) in [7, 11) is 0. The monoisotopic (exact) mass is 342 g/mol. The smallest absolute Gasteiger partial charge is 0.119 e. The third-order valence-corrected chi connectivity index (χ3v) is 4.19. The largest absolute Gasteiger partial charge is 0.494 e. The summed E-state index contributed by atoms with van der Waals surface area (Å²) in [4.78, 5) is 0. The summed E-state index contributed by atoms with van der Waals surface area (Å²) in [6.07, 6.45) is 0. The molecule has 0 bridgehead atoms. The van der Waals surface area contributed by atoms with Crippen molar-refractivity contribution in [3.63, 3.8) is 0 Å². The molecule has 116 valence electrons. The van der Waals surface area contributed by atoms with E-state index in [1.54, 1.807) is 0 Å². The Labute approximate surface area is 146 Å². The number of rotatable bonds is 4. The Hall–Kier alpha value is -1.96. The zero-order valence-corrected chi connectivity index (χ0v) is 14.2. The third kappa shape index (κ3) is 3.52. The second kappa shape index (κ2) is 7.08. The summed E-state index contributed by atoms with van der Waals surface area (Å²) in [6, 6.07) is 21.7. The maximum Gasteiger partial charge on any atom is 0.119 e. The lowest BCUT2D eigenvalue weighted by Crippen LogP contribution is -1.91. The van der Waals surface area contributed by atoms with Crippen molar-refractivity contribution in [2.45, 2.75) is 6.92 Å². The van der Waals surface area contributed by atoms with Crippen LogP contribution >= 0.6 is 23.2 Å². The average molecular weight is 343 g/mol. The molecule has 0 aromatic heterocycles. The summed E-state index contributed by atoms with van der Waals surface area (Å²) in [5.41, 5.74) is 4.24. The van der Waals surface area contributed by atoms with Gasteiger partial charge in [-0.25, -0.2) is 0 Å². The third-order valence-electron chi connectivity index (χ3n) is 3.62. The van der Waals surface area contributed by atoms with Crippen LogP contribution < -0.4 is 4.74 Å². The van der Waals surface area contributed by atoms with Gasteiger partial charge in [0, 0.05) is 15.6 Å². The minimum absolute atomic E-state index is 0.654. The van der Waals surface area contributed by atoms with Crippen molar-refractivity contribution in [1.29, 1.82) is 0 Å². The molecule has 0 spiro atoms. The SMILES string of the molecule is CCOc1ccc(-c2c(Cl)cccc2-c2ccc(Cl)cc2)cc1. The fourth-order valence-electron chi connectivity index (χ4n) is 2.57. The van der Waals surface area contributed by atoms with Gasteiger partial charge in [0.15, 0.2) is 0 Å². The first kappa shape index (κ1) is 15.9. The van der Waals surface area contributed by atoms with Gasteiger partial charge in [-0.3, -0.25) is 0 Å². The van der Waals surface area contributed by atoms with Gasteiger partial charge in [0.1, 0.15) is 5.75 Å². The van der Waals surface area contributed by atoms with Crippen LogP contribution in [0.5, 0.6) is 5.75 Å².